The van der Waals surface area contributed by atoms with Crippen molar-refractivity contribution in [2.24, 2.45) is 0 Å². The van der Waals surface area contributed by atoms with Crippen molar-refractivity contribution in [1.82, 2.24) is 10.3 Å². The number of para-hydroxylation sites is 1. The molecule has 0 fully saturated rings. The van der Waals surface area contributed by atoms with Gasteiger partial charge in [0.05, 0.1) is 16.3 Å². The number of rotatable bonds is 5. The summed E-state index contributed by atoms with van der Waals surface area (Å²) in [6, 6.07) is 7.07. The van der Waals surface area contributed by atoms with Gasteiger partial charge in [-0.05, 0) is 12.1 Å². The number of halogens is 2. The summed E-state index contributed by atoms with van der Waals surface area (Å²) < 4.78 is 0. The van der Waals surface area contributed by atoms with Crippen LogP contribution in [0.1, 0.15) is 40.8 Å². The zero-order chi connectivity index (χ0) is 14.5. The number of nitrogen functional groups attached to an aromatic ring is 1. The first-order chi connectivity index (χ1) is 9.58. The topological polar surface area (TPSA) is 68.0 Å². The van der Waals surface area contributed by atoms with Crippen LogP contribution in [0.2, 0.25) is 0 Å². The minimum absolute atomic E-state index is 0. The Morgan fingerprint density at radius 3 is 2.59 bits per heavy atom. The Balaban J connectivity index is 0.00000220. The third-order valence-electron chi connectivity index (χ3n) is 2.94. The van der Waals surface area contributed by atoms with Crippen LogP contribution in [0.3, 0.4) is 0 Å². The number of benzene rings is 1. The van der Waals surface area contributed by atoms with E-state index in [-0.39, 0.29) is 30.7 Å². The maximum absolute atomic E-state index is 12.0. The highest BCUT2D eigenvalue weighted by atomic mass is 35.5. The lowest BCUT2D eigenvalue weighted by atomic mass is 10.1. The molecule has 22 heavy (non-hydrogen) atoms. The average Bonchev–Trinajstić information content (AvgIpc) is 2.88. The van der Waals surface area contributed by atoms with E-state index in [1.807, 2.05) is 6.07 Å². The van der Waals surface area contributed by atoms with Gasteiger partial charge < -0.3 is 11.1 Å². The summed E-state index contributed by atoms with van der Waals surface area (Å²) in [4.78, 5) is 16.5. The van der Waals surface area contributed by atoms with Crippen LogP contribution >= 0.6 is 36.2 Å². The van der Waals surface area contributed by atoms with E-state index in [1.54, 1.807) is 29.5 Å². The van der Waals surface area contributed by atoms with Gasteiger partial charge in [-0.1, -0.05) is 26.0 Å². The highest BCUT2D eigenvalue weighted by molar-refractivity contribution is 7.09. The van der Waals surface area contributed by atoms with Gasteiger partial charge in [0.25, 0.3) is 5.91 Å². The average molecular weight is 362 g/mol. The molecule has 7 heteroatoms. The van der Waals surface area contributed by atoms with Crippen LogP contribution in [0.5, 0.6) is 0 Å². The molecule has 1 aromatic heterocycles. The molecule has 4 nitrogen and oxygen atoms in total. The molecule has 0 atom stereocenters. The van der Waals surface area contributed by atoms with E-state index >= 15 is 0 Å². The van der Waals surface area contributed by atoms with E-state index in [0.717, 1.165) is 17.1 Å². The number of amides is 1. The van der Waals surface area contributed by atoms with E-state index in [0.29, 0.717) is 23.7 Å². The summed E-state index contributed by atoms with van der Waals surface area (Å²) in [7, 11) is 0. The van der Waals surface area contributed by atoms with Gasteiger partial charge >= 0.3 is 0 Å². The lowest BCUT2D eigenvalue weighted by Gasteiger charge is -2.06. The number of carbonyl (C=O) groups is 1. The van der Waals surface area contributed by atoms with E-state index in [1.165, 1.54) is 0 Å². The zero-order valence-corrected chi connectivity index (χ0v) is 15.0. The molecule has 0 aliphatic carbocycles. The van der Waals surface area contributed by atoms with Gasteiger partial charge in [-0.15, -0.1) is 36.2 Å². The molecule has 1 aromatic carbocycles. The van der Waals surface area contributed by atoms with Crippen LogP contribution in [0.4, 0.5) is 5.69 Å². The fourth-order valence-electron chi connectivity index (χ4n) is 1.81. The third-order valence-corrected chi connectivity index (χ3v) is 4.13. The van der Waals surface area contributed by atoms with Crippen LogP contribution in [-0.4, -0.2) is 17.4 Å². The Morgan fingerprint density at radius 2 is 2.00 bits per heavy atom. The normalized spacial score (nSPS) is 9.77. The minimum atomic E-state index is -0.137. The second-order valence-corrected chi connectivity index (χ2v) is 5.81. The predicted octanol–water partition coefficient (Wildman–Crippen LogP) is 3.66. The van der Waals surface area contributed by atoms with Gasteiger partial charge in [0.15, 0.2) is 0 Å². The Hall–Kier alpha value is -1.30. The van der Waals surface area contributed by atoms with Crippen molar-refractivity contribution in [2.45, 2.75) is 26.2 Å². The van der Waals surface area contributed by atoms with E-state index in [2.05, 4.69) is 29.5 Å². The quantitative estimate of drug-likeness (QED) is 0.798. The molecule has 122 valence electrons. The zero-order valence-electron chi connectivity index (χ0n) is 12.5. The molecule has 3 N–H and O–H groups in total. The van der Waals surface area contributed by atoms with Crippen LogP contribution in [0.15, 0.2) is 29.6 Å². The Morgan fingerprint density at radius 1 is 1.32 bits per heavy atom. The number of nitrogens with zero attached hydrogens (tertiary/aromatic N) is 1. The molecule has 2 rings (SSSR count). The fourth-order valence-corrected chi connectivity index (χ4v) is 2.68. The number of aromatic nitrogens is 1. The molecule has 0 aliphatic heterocycles. The van der Waals surface area contributed by atoms with Crippen molar-refractivity contribution in [2.75, 3.05) is 12.3 Å². The molecular formula is C15H21Cl2N3OS. The molecule has 1 amide bonds. The second kappa shape index (κ2) is 9.66. The van der Waals surface area contributed by atoms with Gasteiger partial charge in [0.1, 0.15) is 0 Å². The number of thiazole rings is 1. The summed E-state index contributed by atoms with van der Waals surface area (Å²) in [5, 5.41) is 6.06. The standard InChI is InChI=1S/C15H19N3OS.2ClH/c1-10(2)15-18-11(9-20-15)7-8-17-14(19)12-5-3-4-6-13(12)16;;/h3-6,9-10H,7-8,16H2,1-2H3,(H,17,19);2*1H. The number of hydrogen-bond acceptors (Lipinski definition) is 4. The van der Waals surface area contributed by atoms with Crippen LogP contribution in [0.25, 0.3) is 0 Å². The lowest BCUT2D eigenvalue weighted by Crippen LogP contribution is -2.26. The SMILES string of the molecule is CC(C)c1nc(CCNC(=O)c2ccccc2N)cs1.Cl.Cl. The number of nitrogens with one attached hydrogen (secondary N) is 1. The van der Waals surface area contributed by atoms with Crippen LogP contribution in [0, 0.1) is 0 Å². The predicted molar refractivity (Wildman–Crippen MR) is 97.6 cm³/mol. The molecule has 0 unspecified atom stereocenters. The van der Waals surface area contributed by atoms with Gasteiger partial charge in [0.2, 0.25) is 0 Å². The first kappa shape index (κ1) is 20.7. The van der Waals surface area contributed by atoms with Crippen molar-refractivity contribution in [3.05, 3.63) is 45.9 Å². The number of nitrogens with two attached hydrogens (primary N) is 1. The highest BCUT2D eigenvalue weighted by Crippen LogP contribution is 2.19. The van der Waals surface area contributed by atoms with Gasteiger partial charge in [-0.3, -0.25) is 4.79 Å². The van der Waals surface area contributed by atoms with Crippen molar-refractivity contribution < 1.29 is 4.79 Å². The molecule has 0 saturated carbocycles. The molecule has 0 spiro atoms. The van der Waals surface area contributed by atoms with Crippen LogP contribution in [-0.2, 0) is 6.42 Å². The van der Waals surface area contributed by atoms with Crippen molar-refractivity contribution in [3.63, 3.8) is 0 Å². The van der Waals surface area contributed by atoms with Gasteiger partial charge in [0, 0.05) is 30.0 Å². The van der Waals surface area contributed by atoms with E-state index < -0.39 is 0 Å². The maximum Gasteiger partial charge on any atom is 0.253 e. The summed E-state index contributed by atoms with van der Waals surface area (Å²) in [6.07, 6.45) is 0.738. The van der Waals surface area contributed by atoms with E-state index in [9.17, 15) is 4.79 Å². The number of hydrogen-bond donors (Lipinski definition) is 2. The lowest BCUT2D eigenvalue weighted by molar-refractivity contribution is 0.0955. The molecule has 0 aliphatic rings. The molecular weight excluding hydrogens is 341 g/mol. The minimum Gasteiger partial charge on any atom is -0.398 e. The molecule has 0 radical (unpaired) electrons. The summed E-state index contributed by atoms with van der Waals surface area (Å²) in [5.74, 6) is 0.315. The Bertz CT molecular complexity index is 602. The van der Waals surface area contributed by atoms with Crippen molar-refractivity contribution in [1.29, 1.82) is 0 Å². The number of carbonyl (C=O) groups excluding carboxylic acids is 1. The van der Waals surface area contributed by atoms with Gasteiger partial charge in [-0.2, -0.15) is 0 Å². The van der Waals surface area contributed by atoms with Crippen molar-refractivity contribution in [3.8, 4) is 0 Å². The smallest absolute Gasteiger partial charge is 0.253 e. The maximum atomic E-state index is 12.0. The monoisotopic (exact) mass is 361 g/mol. The first-order valence-corrected chi connectivity index (χ1v) is 7.53. The molecule has 2 aromatic rings. The second-order valence-electron chi connectivity index (χ2n) is 4.92. The molecule has 1 heterocycles. The fraction of sp³-hybridized carbons (Fsp3) is 0.333. The van der Waals surface area contributed by atoms with E-state index in [4.69, 9.17) is 5.73 Å². The highest BCUT2D eigenvalue weighted by Gasteiger charge is 2.09. The molecule has 0 saturated heterocycles. The summed E-state index contributed by atoms with van der Waals surface area (Å²) >= 11 is 1.67. The first-order valence-electron chi connectivity index (χ1n) is 6.65. The Kier molecular flexibility index (Phi) is 9.09. The largest absolute Gasteiger partial charge is 0.398 e. The van der Waals surface area contributed by atoms with Gasteiger partial charge in [-0.25, -0.2) is 4.98 Å². The Labute approximate surface area is 147 Å². The molecule has 0 bridgehead atoms. The number of anilines is 1. The third kappa shape index (κ3) is 5.48. The summed E-state index contributed by atoms with van der Waals surface area (Å²) in [5.41, 5.74) is 7.82. The van der Waals surface area contributed by atoms with Crippen molar-refractivity contribution >= 4 is 47.7 Å². The summed E-state index contributed by atoms with van der Waals surface area (Å²) in [6.45, 7) is 4.82. The van der Waals surface area contributed by atoms with Crippen LogP contribution < -0.4 is 11.1 Å².